The molecule has 0 aliphatic carbocycles. The van der Waals surface area contributed by atoms with Gasteiger partial charge in [-0.3, -0.25) is 14.4 Å². The van der Waals surface area contributed by atoms with Gasteiger partial charge in [-0.25, -0.2) is 4.79 Å². The molecule has 0 spiro atoms. The minimum atomic E-state index is -1.12. The van der Waals surface area contributed by atoms with Crippen LogP contribution in [0.15, 0.2) is 10.6 Å². The summed E-state index contributed by atoms with van der Waals surface area (Å²) in [7, 11) is 1.73. The predicted octanol–water partition coefficient (Wildman–Crippen LogP) is -0.272. The summed E-state index contributed by atoms with van der Waals surface area (Å²) in [5.41, 5.74) is 0.0518. The fraction of sp³-hybridized carbons (Fsp3) is 0.720. The number of aliphatic carboxylic acids is 1. The smallest absolute Gasteiger partial charge is 0.353 e. The van der Waals surface area contributed by atoms with Crippen molar-refractivity contribution in [3.8, 4) is 0 Å². The Balaban J connectivity index is 1.37. The number of Topliss-reactive ketones (excluding diaryl/α,β-unsaturated/α-hetero) is 1. The number of hydrogen-bond acceptors (Lipinski definition) is 8. The van der Waals surface area contributed by atoms with Crippen molar-refractivity contribution in [3.63, 3.8) is 0 Å². The third kappa shape index (κ3) is 5.28. The molecule has 3 N–H and O–H groups in total. The first-order valence-corrected chi connectivity index (χ1v) is 13.8. The van der Waals surface area contributed by atoms with Gasteiger partial charge in [0.15, 0.2) is 0 Å². The molecule has 4 rings (SSSR count). The predicted molar refractivity (Wildman–Crippen MR) is 137 cm³/mol. The molecule has 4 aliphatic heterocycles. The van der Waals surface area contributed by atoms with Crippen molar-refractivity contribution in [2.24, 2.45) is 17.8 Å². The normalized spacial score (nSPS) is 30.3. The Bertz CT molecular complexity index is 1010. The van der Waals surface area contributed by atoms with Gasteiger partial charge in [0.1, 0.15) is 11.5 Å². The minimum absolute atomic E-state index is 0.00106. The molecule has 0 unspecified atom stereocenters. The Morgan fingerprint density at radius 1 is 1.16 bits per heavy atom. The van der Waals surface area contributed by atoms with E-state index >= 15 is 0 Å². The number of thioether (sulfide) groups is 1. The van der Waals surface area contributed by atoms with Gasteiger partial charge in [0.05, 0.1) is 24.5 Å². The summed E-state index contributed by atoms with van der Waals surface area (Å²) in [5.74, 6) is -1.93. The lowest BCUT2D eigenvalue weighted by atomic mass is 9.73. The molecule has 37 heavy (non-hydrogen) atoms. The van der Waals surface area contributed by atoms with E-state index in [1.54, 1.807) is 16.8 Å². The highest BCUT2D eigenvalue weighted by atomic mass is 32.2. The molecule has 0 bridgehead atoms. The van der Waals surface area contributed by atoms with E-state index in [9.17, 15) is 29.1 Å². The van der Waals surface area contributed by atoms with Crippen LogP contribution in [-0.4, -0.2) is 113 Å². The van der Waals surface area contributed by atoms with E-state index in [-0.39, 0.29) is 70.8 Å². The molecule has 3 saturated heterocycles. The topological polar surface area (TPSA) is 139 Å². The van der Waals surface area contributed by atoms with Gasteiger partial charge in [0, 0.05) is 55.2 Å². The lowest BCUT2D eigenvalue weighted by Gasteiger charge is -2.47. The van der Waals surface area contributed by atoms with Crippen LogP contribution in [0.4, 0.5) is 0 Å². The summed E-state index contributed by atoms with van der Waals surface area (Å²) >= 11 is 1.46. The number of carbonyl (C=O) groups is 5. The van der Waals surface area contributed by atoms with Gasteiger partial charge < -0.3 is 35.2 Å². The van der Waals surface area contributed by atoms with Crippen molar-refractivity contribution in [1.82, 2.24) is 25.3 Å². The first-order valence-electron chi connectivity index (χ1n) is 13.0. The monoisotopic (exact) mass is 535 g/mol. The average molecular weight is 536 g/mol. The van der Waals surface area contributed by atoms with Gasteiger partial charge in [0.25, 0.3) is 0 Å². The number of hydrogen-bond donors (Lipinski definition) is 3. The lowest BCUT2D eigenvalue weighted by molar-refractivity contribution is -0.160. The summed E-state index contributed by atoms with van der Waals surface area (Å²) in [6.45, 7) is 8.20. The molecule has 12 heteroatoms. The van der Waals surface area contributed by atoms with Crippen LogP contribution in [0.3, 0.4) is 0 Å². The number of likely N-dealkylation sites (N-methyl/N-ethyl adjacent to an activating group) is 1. The van der Waals surface area contributed by atoms with E-state index < -0.39 is 5.97 Å². The quantitative estimate of drug-likeness (QED) is 0.341. The average Bonchev–Trinajstić information content (AvgIpc) is 3.40. The number of carboxylic acid groups (broad SMARTS) is 1. The Morgan fingerprint density at radius 2 is 1.81 bits per heavy atom. The second-order valence-corrected chi connectivity index (χ2v) is 11.9. The second-order valence-electron chi connectivity index (χ2n) is 10.6. The molecule has 4 aliphatic rings. The molecule has 0 radical (unpaired) electrons. The molecule has 0 aromatic rings. The molecule has 11 nitrogen and oxygen atoms in total. The largest absolute Gasteiger partial charge is 0.477 e. The lowest BCUT2D eigenvalue weighted by Crippen LogP contribution is -2.62. The molecule has 6 atom stereocenters. The maximum absolute atomic E-state index is 13.1. The third-order valence-electron chi connectivity index (χ3n) is 7.97. The zero-order chi connectivity index (χ0) is 27.0. The number of fused-ring (bicyclic) bond motifs is 1. The van der Waals surface area contributed by atoms with Crippen molar-refractivity contribution >= 4 is 41.2 Å². The highest BCUT2D eigenvalue weighted by Gasteiger charge is 2.60. The SMILES string of the molecule is CNCC(=O)N1CCN(C(=O)[C@@H]2C[C@H](SC3=C(C(=O)O)N4C(=O)[C@H]([C@@H](C)CC(C)=O)[C@H]4[C@H]3C)CN2)CC1. The highest BCUT2D eigenvalue weighted by molar-refractivity contribution is 8.03. The maximum atomic E-state index is 13.1. The molecule has 3 amide bonds. The van der Waals surface area contributed by atoms with E-state index in [1.165, 1.54) is 23.6 Å². The molecule has 0 saturated carbocycles. The van der Waals surface area contributed by atoms with E-state index in [0.29, 0.717) is 50.5 Å². The fourth-order valence-corrected chi connectivity index (χ4v) is 7.65. The van der Waals surface area contributed by atoms with Crippen molar-refractivity contribution < 1.29 is 29.1 Å². The highest BCUT2D eigenvalue weighted by Crippen LogP contribution is 2.53. The number of nitrogens with zero attached hydrogens (tertiary/aromatic N) is 3. The number of rotatable bonds is 9. The maximum Gasteiger partial charge on any atom is 0.353 e. The van der Waals surface area contributed by atoms with E-state index in [0.717, 1.165) is 0 Å². The van der Waals surface area contributed by atoms with Crippen LogP contribution < -0.4 is 10.6 Å². The Hall–Kier alpha value is -2.44. The molecule has 4 heterocycles. The van der Waals surface area contributed by atoms with Crippen LogP contribution in [-0.2, 0) is 24.0 Å². The zero-order valence-electron chi connectivity index (χ0n) is 21.9. The second kappa shape index (κ2) is 11.1. The third-order valence-corrected chi connectivity index (χ3v) is 9.48. The van der Waals surface area contributed by atoms with Crippen LogP contribution in [0.1, 0.15) is 33.6 Å². The Labute approximate surface area is 221 Å². The minimum Gasteiger partial charge on any atom is -0.477 e. The number of nitrogens with one attached hydrogen (secondary N) is 2. The Morgan fingerprint density at radius 3 is 2.41 bits per heavy atom. The molecule has 0 aromatic heterocycles. The standard InChI is InChI=1S/C25H37N5O6S/c1-13(9-14(2)31)19-20-15(3)22(21(25(35)36)30(20)24(19)34)37-16-10-17(27-11-16)23(33)29-7-5-28(6-8-29)18(32)12-26-4/h13,15-17,19-20,26-27H,5-12H2,1-4H3,(H,35,36)/t13-,15+,16-,17-,19+,20+/m0/s1. The summed E-state index contributed by atoms with van der Waals surface area (Å²) < 4.78 is 0. The molecule has 204 valence electrons. The molecular formula is C25H37N5O6S. The van der Waals surface area contributed by atoms with Crippen LogP contribution in [0.2, 0.25) is 0 Å². The number of ketones is 1. The summed E-state index contributed by atoms with van der Waals surface area (Å²) in [6, 6.07) is -0.603. The van der Waals surface area contributed by atoms with Gasteiger partial charge in [0.2, 0.25) is 17.7 Å². The number of β-lactam (4-membered cyclic amide) rings is 1. The number of carboxylic acids is 1. The number of piperazine rings is 1. The van der Waals surface area contributed by atoms with Gasteiger partial charge >= 0.3 is 5.97 Å². The van der Waals surface area contributed by atoms with Crippen LogP contribution in [0, 0.1) is 17.8 Å². The van der Waals surface area contributed by atoms with Crippen LogP contribution >= 0.6 is 11.8 Å². The van der Waals surface area contributed by atoms with E-state index in [1.807, 2.05) is 13.8 Å². The number of carbonyl (C=O) groups excluding carboxylic acids is 4. The van der Waals surface area contributed by atoms with E-state index in [4.69, 9.17) is 0 Å². The first-order chi connectivity index (χ1) is 17.5. The Kier molecular flexibility index (Phi) is 8.29. The zero-order valence-corrected chi connectivity index (χ0v) is 22.7. The van der Waals surface area contributed by atoms with Gasteiger partial charge in [-0.15, -0.1) is 11.8 Å². The van der Waals surface area contributed by atoms with E-state index in [2.05, 4.69) is 10.6 Å². The first kappa shape index (κ1) is 27.6. The van der Waals surface area contributed by atoms with Gasteiger partial charge in [-0.2, -0.15) is 0 Å². The summed E-state index contributed by atoms with van der Waals surface area (Å²) in [5, 5.41) is 16.1. The van der Waals surface area contributed by atoms with Crippen molar-refractivity contribution in [2.75, 3.05) is 46.3 Å². The van der Waals surface area contributed by atoms with Gasteiger partial charge in [-0.05, 0) is 26.3 Å². The van der Waals surface area contributed by atoms with Crippen molar-refractivity contribution in [3.05, 3.63) is 10.6 Å². The fourth-order valence-electron chi connectivity index (χ4n) is 6.17. The van der Waals surface area contributed by atoms with Crippen molar-refractivity contribution in [1.29, 1.82) is 0 Å². The number of amides is 3. The molecular weight excluding hydrogens is 498 g/mol. The van der Waals surface area contributed by atoms with Crippen LogP contribution in [0.5, 0.6) is 0 Å². The van der Waals surface area contributed by atoms with Crippen molar-refractivity contribution in [2.45, 2.75) is 50.9 Å². The van der Waals surface area contributed by atoms with Crippen LogP contribution in [0.25, 0.3) is 0 Å². The molecule has 0 aromatic carbocycles. The molecule has 3 fully saturated rings. The van der Waals surface area contributed by atoms with Gasteiger partial charge in [-0.1, -0.05) is 13.8 Å². The summed E-state index contributed by atoms with van der Waals surface area (Å²) in [4.78, 5) is 67.6. The summed E-state index contributed by atoms with van der Waals surface area (Å²) in [6.07, 6.45) is 0.862.